The summed E-state index contributed by atoms with van der Waals surface area (Å²) in [6.07, 6.45) is 2.53. The van der Waals surface area contributed by atoms with Crippen molar-refractivity contribution in [2.24, 2.45) is 0 Å². The molecule has 0 bridgehead atoms. The first kappa shape index (κ1) is 20.0. The van der Waals surface area contributed by atoms with Crippen molar-refractivity contribution in [3.05, 3.63) is 12.7 Å². The van der Waals surface area contributed by atoms with Gasteiger partial charge in [0, 0.05) is 26.7 Å². The Bertz CT molecular complexity index is 428. The number of unbranched alkanes of at least 4 members (excludes halogenated alkanes) is 1. The molecule has 0 fully saturated rings. The van der Waals surface area contributed by atoms with Crippen LogP contribution in [-0.2, 0) is 32.5 Å². The molecule has 0 aromatic carbocycles. The lowest BCUT2D eigenvalue weighted by Gasteiger charge is -2.25. The first-order valence-electron chi connectivity index (χ1n) is 7.01. The number of carbonyl (C=O) groups excluding carboxylic acids is 4. The van der Waals surface area contributed by atoms with Crippen LogP contribution in [0.1, 0.15) is 46.5 Å². The van der Waals surface area contributed by atoms with Crippen LogP contribution in [0.5, 0.6) is 0 Å². The number of ketones is 1. The lowest BCUT2D eigenvalue weighted by molar-refractivity contribution is -0.149. The van der Waals surface area contributed by atoms with Crippen LogP contribution in [0.3, 0.4) is 0 Å². The first-order chi connectivity index (χ1) is 10.2. The first-order valence-corrected chi connectivity index (χ1v) is 8.94. The average molecular weight is 330 g/mol. The maximum Gasteiger partial charge on any atom is 0.704 e. The largest absolute Gasteiger partial charge is 0.704 e. The molecule has 0 aromatic heterocycles. The fraction of sp³-hybridized carbons (Fsp3) is 0.571. The molecule has 22 heavy (non-hydrogen) atoms. The van der Waals surface area contributed by atoms with Crippen LogP contribution in [0, 0.1) is 0 Å². The number of hydrogen-bond acceptors (Lipinski definition) is 7. The molecule has 0 radical (unpaired) electrons. The molecule has 0 unspecified atom stereocenters. The Balaban J connectivity index is 4.54. The number of rotatable bonds is 10. The van der Waals surface area contributed by atoms with Gasteiger partial charge >= 0.3 is 8.80 Å². The Labute approximate surface area is 131 Å². The van der Waals surface area contributed by atoms with Crippen molar-refractivity contribution in [3.8, 4) is 0 Å². The van der Waals surface area contributed by atoms with Gasteiger partial charge in [-0.3, -0.25) is 19.2 Å². The average Bonchev–Trinajstić information content (AvgIpc) is 2.41. The molecule has 0 aliphatic heterocycles. The van der Waals surface area contributed by atoms with E-state index in [0.29, 0.717) is 19.3 Å². The maximum absolute atomic E-state index is 11.8. The van der Waals surface area contributed by atoms with Gasteiger partial charge in [0.05, 0.1) is 6.04 Å². The summed E-state index contributed by atoms with van der Waals surface area (Å²) in [5, 5.41) is 0. The van der Waals surface area contributed by atoms with Gasteiger partial charge in [0.1, 0.15) is 0 Å². The van der Waals surface area contributed by atoms with Crippen molar-refractivity contribution < 1.29 is 32.5 Å². The lowest BCUT2D eigenvalue weighted by Crippen LogP contribution is -2.49. The molecular formula is C14H22O7Si. The monoisotopic (exact) mass is 330 g/mol. The van der Waals surface area contributed by atoms with Gasteiger partial charge in [0.25, 0.3) is 17.9 Å². The Morgan fingerprint density at radius 3 is 1.86 bits per heavy atom. The molecule has 0 rings (SSSR count). The maximum atomic E-state index is 11.8. The fourth-order valence-electron chi connectivity index (χ4n) is 1.61. The molecule has 0 aliphatic rings. The van der Waals surface area contributed by atoms with Crippen LogP contribution in [0.15, 0.2) is 12.7 Å². The van der Waals surface area contributed by atoms with Crippen LogP contribution in [0.25, 0.3) is 0 Å². The second-order valence-corrected chi connectivity index (χ2v) is 7.26. The minimum Gasteiger partial charge on any atom is -0.455 e. The molecule has 0 saturated carbocycles. The molecule has 0 atom stereocenters. The van der Waals surface area contributed by atoms with E-state index >= 15 is 0 Å². The smallest absolute Gasteiger partial charge is 0.455 e. The number of hydrogen-bond donors (Lipinski definition) is 0. The summed E-state index contributed by atoms with van der Waals surface area (Å²) in [5.41, 5.74) is 0. The van der Waals surface area contributed by atoms with E-state index in [2.05, 4.69) is 6.58 Å². The van der Waals surface area contributed by atoms with E-state index in [4.69, 9.17) is 13.3 Å². The van der Waals surface area contributed by atoms with E-state index in [1.54, 1.807) is 6.92 Å². The quantitative estimate of drug-likeness (QED) is 0.343. The topological polar surface area (TPSA) is 96.0 Å². The standard InChI is InChI=1S/C14H22O7Si/c1-5-13(17)9-7-8-10-14(18)21-22(6-2,19-11(3)15)20-12(4)16/h5H,1,6-10H2,2-4H3. The summed E-state index contributed by atoms with van der Waals surface area (Å²) in [4.78, 5) is 45.1. The highest BCUT2D eigenvalue weighted by molar-refractivity contribution is 6.65. The Kier molecular flexibility index (Phi) is 9.00. The van der Waals surface area contributed by atoms with Crippen molar-refractivity contribution in [2.75, 3.05) is 0 Å². The summed E-state index contributed by atoms with van der Waals surface area (Å²) >= 11 is 0. The molecule has 7 nitrogen and oxygen atoms in total. The Morgan fingerprint density at radius 2 is 1.45 bits per heavy atom. The van der Waals surface area contributed by atoms with Gasteiger partial charge in [-0.1, -0.05) is 13.5 Å². The number of carbonyl (C=O) groups is 4. The van der Waals surface area contributed by atoms with Gasteiger partial charge in [0.15, 0.2) is 5.78 Å². The van der Waals surface area contributed by atoms with E-state index in [-0.39, 0.29) is 18.2 Å². The van der Waals surface area contributed by atoms with Crippen LogP contribution in [0.2, 0.25) is 6.04 Å². The lowest BCUT2D eigenvalue weighted by atomic mass is 10.1. The Morgan fingerprint density at radius 1 is 0.955 bits per heavy atom. The van der Waals surface area contributed by atoms with Crippen molar-refractivity contribution in [1.29, 1.82) is 0 Å². The molecule has 0 N–H and O–H groups in total. The van der Waals surface area contributed by atoms with Crippen molar-refractivity contribution in [3.63, 3.8) is 0 Å². The minimum atomic E-state index is -3.68. The van der Waals surface area contributed by atoms with E-state index in [1.807, 2.05) is 0 Å². The molecule has 124 valence electrons. The van der Waals surface area contributed by atoms with E-state index < -0.39 is 26.7 Å². The zero-order valence-corrected chi connectivity index (χ0v) is 14.2. The number of allylic oxidation sites excluding steroid dienone is 1. The zero-order valence-electron chi connectivity index (χ0n) is 13.2. The fourth-order valence-corrected chi connectivity index (χ4v) is 3.49. The van der Waals surface area contributed by atoms with Gasteiger partial charge < -0.3 is 13.3 Å². The highest BCUT2D eigenvalue weighted by atomic mass is 28.4. The molecule has 0 aromatic rings. The SMILES string of the molecule is C=CC(=O)CCCCC(=O)O[Si](CC)(OC(C)=O)OC(C)=O. The third kappa shape index (κ3) is 8.35. The molecule has 0 saturated heterocycles. The van der Waals surface area contributed by atoms with Crippen molar-refractivity contribution in [1.82, 2.24) is 0 Å². The highest BCUT2D eigenvalue weighted by Gasteiger charge is 2.50. The van der Waals surface area contributed by atoms with Gasteiger partial charge in [-0.05, 0) is 18.9 Å². The molecule has 0 aliphatic carbocycles. The normalized spacial score (nSPS) is 10.5. The van der Waals surface area contributed by atoms with E-state index in [1.165, 1.54) is 6.08 Å². The summed E-state index contributed by atoms with van der Waals surface area (Å²) in [5.74, 6) is -2.08. The summed E-state index contributed by atoms with van der Waals surface area (Å²) in [6, 6.07) is 0.104. The van der Waals surface area contributed by atoms with Gasteiger partial charge in [-0.2, -0.15) is 0 Å². The van der Waals surface area contributed by atoms with Gasteiger partial charge in [-0.15, -0.1) is 0 Å². The summed E-state index contributed by atoms with van der Waals surface area (Å²) < 4.78 is 15.1. The van der Waals surface area contributed by atoms with Crippen molar-refractivity contribution >= 4 is 32.5 Å². The van der Waals surface area contributed by atoms with Crippen molar-refractivity contribution in [2.45, 2.75) is 52.5 Å². The molecule has 0 heterocycles. The third-order valence-corrected chi connectivity index (χ3v) is 5.18. The minimum absolute atomic E-state index is 0.0434. The summed E-state index contributed by atoms with van der Waals surface area (Å²) in [7, 11) is -3.68. The van der Waals surface area contributed by atoms with Crippen LogP contribution in [0.4, 0.5) is 0 Å². The third-order valence-electron chi connectivity index (χ3n) is 2.58. The second-order valence-electron chi connectivity index (χ2n) is 4.58. The molecule has 0 spiro atoms. The molecule has 8 heteroatoms. The second kappa shape index (κ2) is 9.88. The van der Waals surface area contributed by atoms with Crippen LogP contribution < -0.4 is 0 Å². The predicted molar refractivity (Wildman–Crippen MR) is 79.5 cm³/mol. The molecular weight excluding hydrogens is 308 g/mol. The van der Waals surface area contributed by atoms with Gasteiger partial charge in [0.2, 0.25) is 0 Å². The highest BCUT2D eigenvalue weighted by Crippen LogP contribution is 2.18. The predicted octanol–water partition coefficient (Wildman–Crippen LogP) is 1.93. The van der Waals surface area contributed by atoms with E-state index in [9.17, 15) is 19.2 Å². The molecule has 0 amide bonds. The zero-order chi connectivity index (χ0) is 17.2. The van der Waals surface area contributed by atoms with Crippen LogP contribution >= 0.6 is 0 Å². The van der Waals surface area contributed by atoms with Gasteiger partial charge in [-0.25, -0.2) is 0 Å². The Hall–Kier alpha value is -1.96. The van der Waals surface area contributed by atoms with Crippen LogP contribution in [-0.4, -0.2) is 32.5 Å². The summed E-state index contributed by atoms with van der Waals surface area (Å²) in [6.45, 7) is 7.26. The van der Waals surface area contributed by atoms with E-state index in [0.717, 1.165) is 13.8 Å².